The van der Waals surface area contributed by atoms with E-state index >= 15 is 0 Å². The Morgan fingerprint density at radius 3 is 2.76 bits per heavy atom. The molecule has 2 aromatic heterocycles. The molecular weight excluding hydrogens is 271 g/mol. The van der Waals surface area contributed by atoms with Crippen molar-refractivity contribution in [3.05, 3.63) is 46.6 Å². The second-order valence-corrected chi connectivity index (χ2v) is 4.87. The van der Waals surface area contributed by atoms with Gasteiger partial charge in [-0.05, 0) is 18.6 Å². The molecule has 108 valence electrons. The van der Waals surface area contributed by atoms with Crippen molar-refractivity contribution in [2.75, 3.05) is 0 Å². The molecule has 0 atom stereocenters. The van der Waals surface area contributed by atoms with Crippen LogP contribution in [0.4, 0.5) is 4.39 Å². The molecule has 0 radical (unpaired) electrons. The van der Waals surface area contributed by atoms with Crippen molar-refractivity contribution in [3.8, 4) is 11.4 Å². The van der Waals surface area contributed by atoms with E-state index < -0.39 is 5.82 Å². The number of halogens is 1. The summed E-state index contributed by atoms with van der Waals surface area (Å²) in [7, 11) is 1.70. The number of benzene rings is 1. The van der Waals surface area contributed by atoms with Crippen molar-refractivity contribution < 1.29 is 4.39 Å². The van der Waals surface area contributed by atoms with Crippen molar-refractivity contribution in [3.63, 3.8) is 0 Å². The Kier molecular flexibility index (Phi) is 3.29. The molecule has 0 saturated carbocycles. The Morgan fingerprint density at radius 2 is 2.05 bits per heavy atom. The molecule has 6 heteroatoms. The minimum atomic E-state index is -0.391. The average Bonchev–Trinajstić information content (AvgIpc) is 2.84. The van der Waals surface area contributed by atoms with Crippen molar-refractivity contribution in [1.82, 2.24) is 19.3 Å². The lowest BCUT2D eigenvalue weighted by molar-refractivity contribution is 0.617. The normalized spacial score (nSPS) is 11.2. The summed E-state index contributed by atoms with van der Waals surface area (Å²) in [5, 5.41) is 4.06. The summed E-state index contributed by atoms with van der Waals surface area (Å²) in [6.45, 7) is 2.45. The highest BCUT2D eigenvalue weighted by molar-refractivity contribution is 5.76. The number of nitrogens with zero attached hydrogens (tertiary/aromatic N) is 4. The highest BCUT2D eigenvalue weighted by Crippen LogP contribution is 2.21. The molecular formula is C15H15FN4O. The summed E-state index contributed by atoms with van der Waals surface area (Å²) in [6, 6.07) is 6.34. The van der Waals surface area contributed by atoms with Crippen molar-refractivity contribution in [2.45, 2.75) is 19.9 Å². The molecule has 21 heavy (non-hydrogen) atoms. The quantitative estimate of drug-likeness (QED) is 0.742. The fourth-order valence-corrected chi connectivity index (χ4v) is 2.43. The van der Waals surface area contributed by atoms with E-state index in [1.165, 1.54) is 21.5 Å². The zero-order chi connectivity index (χ0) is 15.0. The van der Waals surface area contributed by atoms with E-state index in [4.69, 9.17) is 0 Å². The summed E-state index contributed by atoms with van der Waals surface area (Å²) in [6.07, 6.45) is 2.28. The van der Waals surface area contributed by atoms with Crippen LogP contribution in [0.2, 0.25) is 0 Å². The van der Waals surface area contributed by atoms with E-state index in [9.17, 15) is 9.18 Å². The Balaban J connectivity index is 2.39. The number of fused-ring (bicyclic) bond motifs is 1. The molecule has 0 saturated heterocycles. The highest BCUT2D eigenvalue weighted by Gasteiger charge is 2.17. The molecule has 3 aromatic rings. The van der Waals surface area contributed by atoms with Crippen LogP contribution in [-0.4, -0.2) is 19.3 Å². The van der Waals surface area contributed by atoms with Crippen LogP contribution < -0.4 is 5.56 Å². The number of rotatable bonds is 3. The van der Waals surface area contributed by atoms with Gasteiger partial charge in [0, 0.05) is 13.6 Å². The fourth-order valence-electron chi connectivity index (χ4n) is 2.43. The Hall–Kier alpha value is -2.50. The smallest absolute Gasteiger partial charge is 0.279 e. The molecule has 0 aliphatic heterocycles. The van der Waals surface area contributed by atoms with Crippen LogP contribution in [-0.2, 0) is 13.6 Å². The molecule has 0 bridgehead atoms. The van der Waals surface area contributed by atoms with Crippen LogP contribution in [0, 0.1) is 5.82 Å². The third-order valence-corrected chi connectivity index (χ3v) is 3.41. The fraction of sp³-hybridized carbons (Fsp3) is 0.267. The zero-order valence-electron chi connectivity index (χ0n) is 11.9. The predicted molar refractivity (Wildman–Crippen MR) is 78.5 cm³/mol. The van der Waals surface area contributed by atoms with Gasteiger partial charge in [0.25, 0.3) is 5.56 Å². The topological polar surface area (TPSA) is 52.7 Å². The maximum Gasteiger partial charge on any atom is 0.279 e. The number of hydrogen-bond acceptors (Lipinski definition) is 3. The van der Waals surface area contributed by atoms with E-state index in [1.807, 2.05) is 6.92 Å². The number of hydrogen-bond donors (Lipinski definition) is 0. The van der Waals surface area contributed by atoms with Crippen LogP contribution in [0.15, 0.2) is 35.3 Å². The molecule has 0 amide bonds. The van der Waals surface area contributed by atoms with Gasteiger partial charge >= 0.3 is 0 Å². The molecule has 5 nitrogen and oxygen atoms in total. The lowest BCUT2D eigenvalue weighted by Gasteiger charge is -2.12. The van der Waals surface area contributed by atoms with Crippen LogP contribution >= 0.6 is 0 Å². The maximum atomic E-state index is 14.1. The van der Waals surface area contributed by atoms with Gasteiger partial charge in [-0.2, -0.15) is 5.10 Å². The first kappa shape index (κ1) is 13.5. The van der Waals surface area contributed by atoms with Gasteiger partial charge in [0.1, 0.15) is 17.2 Å². The van der Waals surface area contributed by atoms with E-state index in [1.54, 1.807) is 25.2 Å². The summed E-state index contributed by atoms with van der Waals surface area (Å²) in [4.78, 5) is 17.1. The van der Waals surface area contributed by atoms with Gasteiger partial charge in [-0.3, -0.25) is 14.0 Å². The molecule has 2 heterocycles. The molecule has 0 fully saturated rings. The lowest BCUT2D eigenvalue weighted by atomic mass is 10.2. The number of aryl methyl sites for hydroxylation is 1. The van der Waals surface area contributed by atoms with Crippen LogP contribution in [0.1, 0.15) is 13.3 Å². The third kappa shape index (κ3) is 2.12. The molecule has 0 spiro atoms. The van der Waals surface area contributed by atoms with Crippen LogP contribution in [0.3, 0.4) is 0 Å². The summed E-state index contributed by atoms with van der Waals surface area (Å²) < 4.78 is 17.1. The van der Waals surface area contributed by atoms with Crippen molar-refractivity contribution in [1.29, 1.82) is 0 Å². The van der Waals surface area contributed by atoms with Gasteiger partial charge in [0.15, 0.2) is 5.52 Å². The van der Waals surface area contributed by atoms with E-state index in [0.717, 1.165) is 6.42 Å². The van der Waals surface area contributed by atoms with E-state index in [2.05, 4.69) is 10.1 Å². The maximum absolute atomic E-state index is 14.1. The highest BCUT2D eigenvalue weighted by atomic mass is 19.1. The second kappa shape index (κ2) is 5.12. The molecule has 0 aliphatic carbocycles. The van der Waals surface area contributed by atoms with E-state index in [-0.39, 0.29) is 5.56 Å². The Morgan fingerprint density at radius 1 is 1.29 bits per heavy atom. The first-order chi connectivity index (χ1) is 10.1. The third-order valence-electron chi connectivity index (χ3n) is 3.41. The standard InChI is InChI=1S/C15H15FN4O/c1-3-8-20-14(10-6-4-5-7-11(10)16)18-12-9-17-19(2)13(12)15(20)21/h4-7,9H,3,8H2,1-2H3. The Bertz CT molecular complexity index is 866. The summed E-state index contributed by atoms with van der Waals surface area (Å²) >= 11 is 0. The van der Waals surface area contributed by atoms with Gasteiger partial charge in [-0.25, -0.2) is 9.37 Å². The summed E-state index contributed by atoms with van der Waals surface area (Å²) in [5.41, 5.74) is 1.05. The lowest BCUT2D eigenvalue weighted by Crippen LogP contribution is -2.25. The largest absolute Gasteiger partial charge is 0.291 e. The van der Waals surface area contributed by atoms with Crippen molar-refractivity contribution in [2.24, 2.45) is 7.05 Å². The molecule has 0 N–H and O–H groups in total. The predicted octanol–water partition coefficient (Wildman–Crippen LogP) is 2.35. The zero-order valence-corrected chi connectivity index (χ0v) is 11.9. The molecule has 1 aromatic carbocycles. The molecule has 3 rings (SSSR count). The second-order valence-electron chi connectivity index (χ2n) is 4.87. The first-order valence-electron chi connectivity index (χ1n) is 6.81. The van der Waals surface area contributed by atoms with E-state index in [0.29, 0.717) is 29.0 Å². The van der Waals surface area contributed by atoms with Crippen molar-refractivity contribution >= 4 is 11.0 Å². The van der Waals surface area contributed by atoms with Gasteiger partial charge in [0.05, 0.1) is 11.8 Å². The summed E-state index contributed by atoms with van der Waals surface area (Å²) in [5.74, 6) is -0.0436. The molecule has 0 aliphatic rings. The van der Waals surface area contributed by atoms with Crippen LogP contribution in [0.5, 0.6) is 0 Å². The molecule has 0 unspecified atom stereocenters. The van der Waals surface area contributed by atoms with Gasteiger partial charge in [-0.1, -0.05) is 19.1 Å². The van der Waals surface area contributed by atoms with Crippen LogP contribution in [0.25, 0.3) is 22.4 Å². The van der Waals surface area contributed by atoms with Gasteiger partial charge in [-0.15, -0.1) is 0 Å². The number of aromatic nitrogens is 4. The monoisotopic (exact) mass is 286 g/mol. The van der Waals surface area contributed by atoms with Gasteiger partial charge in [0.2, 0.25) is 0 Å². The van der Waals surface area contributed by atoms with Gasteiger partial charge < -0.3 is 0 Å². The minimum absolute atomic E-state index is 0.194. The average molecular weight is 286 g/mol. The minimum Gasteiger partial charge on any atom is -0.291 e. The Labute approximate surface area is 120 Å². The first-order valence-corrected chi connectivity index (χ1v) is 6.81. The SMILES string of the molecule is CCCn1c(-c2ccccc2F)nc2cnn(C)c2c1=O.